The van der Waals surface area contributed by atoms with Gasteiger partial charge in [-0.1, -0.05) is 12.8 Å². The summed E-state index contributed by atoms with van der Waals surface area (Å²) in [6.07, 6.45) is 6.43. The highest BCUT2D eigenvalue weighted by Gasteiger charge is 2.22. The lowest BCUT2D eigenvalue weighted by Crippen LogP contribution is -2.10. The van der Waals surface area contributed by atoms with Crippen LogP contribution in [0.5, 0.6) is 5.75 Å². The molecular weight excluding hydrogens is 481 g/mol. The summed E-state index contributed by atoms with van der Waals surface area (Å²) in [6.45, 7) is 0. The maximum Gasteiger partial charge on any atom is 0.312 e. The third kappa shape index (κ3) is 3.33. The van der Waals surface area contributed by atoms with E-state index in [1.165, 1.54) is 23.8 Å². The monoisotopic (exact) mass is 497 g/mol. The number of halogens is 1. The Hall–Kier alpha value is -2.01. The fourth-order valence-electron chi connectivity index (χ4n) is 3.51. The van der Waals surface area contributed by atoms with Crippen molar-refractivity contribution in [3.8, 4) is 17.1 Å². The van der Waals surface area contributed by atoms with Crippen molar-refractivity contribution < 1.29 is 10.0 Å². The number of benzene rings is 1. The van der Waals surface area contributed by atoms with Crippen molar-refractivity contribution in [3.05, 3.63) is 46.6 Å². The van der Waals surface area contributed by atoms with E-state index in [-0.39, 0.29) is 17.1 Å². The van der Waals surface area contributed by atoms with Crippen LogP contribution in [0, 0.1) is 13.7 Å². The molecule has 0 spiro atoms. The van der Waals surface area contributed by atoms with E-state index >= 15 is 0 Å². The first kappa shape index (κ1) is 18.4. The fraction of sp³-hybridized carbons (Fsp3) is 0.333. The van der Waals surface area contributed by atoms with Crippen LogP contribution < -0.4 is 5.56 Å². The molecule has 7 nitrogen and oxygen atoms in total. The Bertz CT molecular complexity index is 1120. The molecule has 27 heavy (non-hydrogen) atoms. The van der Waals surface area contributed by atoms with Gasteiger partial charge in [-0.2, -0.15) is 0 Å². The summed E-state index contributed by atoms with van der Waals surface area (Å²) in [4.78, 5) is 32.6. The minimum absolute atomic E-state index is 0.209. The third-order valence-corrected chi connectivity index (χ3v) is 6.85. The Morgan fingerprint density at radius 2 is 1.96 bits per heavy atom. The lowest BCUT2D eigenvalue weighted by molar-refractivity contribution is -0.385. The molecule has 1 aromatic carbocycles. The van der Waals surface area contributed by atoms with E-state index in [2.05, 4.69) is 9.97 Å². The van der Waals surface area contributed by atoms with Gasteiger partial charge in [-0.15, -0.1) is 11.3 Å². The number of hydrogen-bond donors (Lipinski definition) is 2. The molecule has 0 saturated carbocycles. The first-order valence-corrected chi connectivity index (χ1v) is 10.6. The van der Waals surface area contributed by atoms with Gasteiger partial charge in [0, 0.05) is 16.5 Å². The summed E-state index contributed by atoms with van der Waals surface area (Å²) in [5, 5.41) is 21.7. The van der Waals surface area contributed by atoms with Crippen LogP contribution in [0.2, 0.25) is 0 Å². The zero-order valence-electron chi connectivity index (χ0n) is 14.2. The summed E-state index contributed by atoms with van der Waals surface area (Å²) in [7, 11) is 0. The van der Waals surface area contributed by atoms with E-state index in [0.29, 0.717) is 19.4 Å². The number of nitro benzene ring substituents is 1. The smallest absolute Gasteiger partial charge is 0.312 e. The van der Waals surface area contributed by atoms with Crippen molar-refractivity contribution in [1.82, 2.24) is 9.97 Å². The topological polar surface area (TPSA) is 109 Å². The second-order valence-electron chi connectivity index (χ2n) is 6.60. The number of aromatic nitrogens is 2. The zero-order chi connectivity index (χ0) is 19.1. The minimum Gasteiger partial charge on any atom is -0.501 e. The summed E-state index contributed by atoms with van der Waals surface area (Å²) >= 11 is 3.38. The van der Waals surface area contributed by atoms with Crippen molar-refractivity contribution >= 4 is 49.8 Å². The van der Waals surface area contributed by atoms with Crippen LogP contribution in [-0.2, 0) is 12.8 Å². The Morgan fingerprint density at radius 3 is 2.70 bits per heavy atom. The van der Waals surface area contributed by atoms with Crippen molar-refractivity contribution in [2.24, 2.45) is 0 Å². The van der Waals surface area contributed by atoms with Gasteiger partial charge in [0.15, 0.2) is 0 Å². The summed E-state index contributed by atoms with van der Waals surface area (Å²) in [5.41, 5.74) is 0.905. The molecule has 2 aromatic heterocycles. The van der Waals surface area contributed by atoms with E-state index < -0.39 is 10.6 Å². The molecule has 0 amide bonds. The number of H-pyrrole nitrogens is 1. The summed E-state index contributed by atoms with van der Waals surface area (Å²) < 4.78 is 0.331. The number of aromatic hydroxyl groups is 1. The molecule has 4 rings (SSSR count). The number of phenols is 1. The van der Waals surface area contributed by atoms with E-state index in [4.69, 9.17) is 0 Å². The predicted octanol–water partition coefficient (Wildman–Crippen LogP) is 4.53. The van der Waals surface area contributed by atoms with Gasteiger partial charge in [-0.3, -0.25) is 14.9 Å². The number of hydrogen-bond acceptors (Lipinski definition) is 6. The van der Waals surface area contributed by atoms with E-state index in [1.54, 1.807) is 17.4 Å². The normalized spacial score (nSPS) is 14.6. The Kier molecular flexibility index (Phi) is 4.89. The van der Waals surface area contributed by atoms with E-state index in [1.807, 2.05) is 22.6 Å². The molecule has 0 saturated heterocycles. The van der Waals surface area contributed by atoms with Crippen LogP contribution in [0.15, 0.2) is 16.9 Å². The molecule has 140 valence electrons. The zero-order valence-corrected chi connectivity index (χ0v) is 17.2. The van der Waals surface area contributed by atoms with Crippen LogP contribution >= 0.6 is 33.9 Å². The van der Waals surface area contributed by atoms with Crippen molar-refractivity contribution in [2.45, 2.75) is 38.5 Å². The minimum atomic E-state index is -0.644. The molecule has 2 N–H and O–H groups in total. The van der Waals surface area contributed by atoms with Gasteiger partial charge >= 0.3 is 5.69 Å². The van der Waals surface area contributed by atoms with E-state index in [9.17, 15) is 20.0 Å². The lowest BCUT2D eigenvalue weighted by atomic mass is 9.98. The molecule has 0 fully saturated rings. The Labute approximate surface area is 171 Å². The van der Waals surface area contributed by atoms with Crippen LogP contribution in [0.4, 0.5) is 5.69 Å². The standard InChI is InChI=1S/C18H16IN3O4S/c19-11-7-9(8-12(15(11)23)22(25)26)16-20-17(24)14-10-5-3-1-2-4-6-13(10)27-18(14)21-16/h7-8,23H,1-6H2,(H,20,21,24). The maximum atomic E-state index is 12.8. The van der Waals surface area contributed by atoms with Gasteiger partial charge in [-0.25, -0.2) is 4.98 Å². The number of rotatable bonds is 2. The number of phenolic OH excluding ortho intramolecular Hbond substituents is 1. The second kappa shape index (κ2) is 7.19. The quantitative estimate of drug-likeness (QED) is 0.307. The van der Waals surface area contributed by atoms with Gasteiger partial charge in [0.1, 0.15) is 10.7 Å². The van der Waals surface area contributed by atoms with Crippen LogP contribution in [0.1, 0.15) is 36.1 Å². The number of thiophene rings is 1. The van der Waals surface area contributed by atoms with Crippen LogP contribution in [0.3, 0.4) is 0 Å². The van der Waals surface area contributed by atoms with Crippen LogP contribution in [0.25, 0.3) is 21.6 Å². The number of nitro groups is 1. The van der Waals surface area contributed by atoms with Crippen molar-refractivity contribution in [1.29, 1.82) is 0 Å². The number of fused-ring (bicyclic) bond motifs is 3. The first-order chi connectivity index (χ1) is 13.0. The molecular formula is C18H16IN3O4S. The van der Waals surface area contributed by atoms with Gasteiger partial charge in [0.25, 0.3) is 5.56 Å². The van der Waals surface area contributed by atoms with Crippen molar-refractivity contribution in [3.63, 3.8) is 0 Å². The number of aryl methyl sites for hydroxylation is 2. The van der Waals surface area contributed by atoms with Crippen molar-refractivity contribution in [2.75, 3.05) is 0 Å². The third-order valence-electron chi connectivity index (χ3n) is 4.84. The average Bonchev–Trinajstić information content (AvgIpc) is 2.94. The average molecular weight is 497 g/mol. The Balaban J connectivity index is 1.90. The fourth-order valence-corrected chi connectivity index (χ4v) is 5.39. The lowest BCUT2D eigenvalue weighted by Gasteiger charge is -2.09. The molecule has 2 heterocycles. The molecule has 3 aromatic rings. The molecule has 0 aliphatic heterocycles. The SMILES string of the molecule is O=c1[nH]c(-c2cc(I)c(O)c([N+](=O)[O-])c2)nc2sc3c(c12)CCCCCC3. The molecule has 0 atom stereocenters. The highest BCUT2D eigenvalue weighted by Crippen LogP contribution is 2.36. The highest BCUT2D eigenvalue weighted by atomic mass is 127. The van der Waals surface area contributed by atoms with E-state index in [0.717, 1.165) is 31.2 Å². The van der Waals surface area contributed by atoms with Gasteiger partial charge in [0.05, 0.1) is 13.9 Å². The molecule has 0 radical (unpaired) electrons. The molecule has 1 aliphatic rings. The second-order valence-corrected chi connectivity index (χ2v) is 8.84. The first-order valence-electron chi connectivity index (χ1n) is 8.67. The Morgan fingerprint density at radius 1 is 1.22 bits per heavy atom. The number of nitrogens with zero attached hydrogens (tertiary/aromatic N) is 2. The van der Waals surface area contributed by atoms with Gasteiger partial charge in [0.2, 0.25) is 5.75 Å². The highest BCUT2D eigenvalue weighted by molar-refractivity contribution is 14.1. The largest absolute Gasteiger partial charge is 0.501 e. The molecule has 0 unspecified atom stereocenters. The molecule has 0 bridgehead atoms. The number of aromatic amines is 1. The summed E-state index contributed by atoms with van der Waals surface area (Å²) in [5.74, 6) is -0.102. The van der Waals surface area contributed by atoms with Gasteiger partial charge in [-0.05, 0) is 59.9 Å². The molecule has 9 heteroatoms. The predicted molar refractivity (Wildman–Crippen MR) is 113 cm³/mol. The number of nitrogens with one attached hydrogen (secondary N) is 1. The summed E-state index contributed by atoms with van der Waals surface area (Å²) in [6, 6.07) is 2.82. The maximum absolute atomic E-state index is 12.8. The van der Waals surface area contributed by atoms with Crippen LogP contribution in [-0.4, -0.2) is 20.0 Å². The van der Waals surface area contributed by atoms with Gasteiger partial charge < -0.3 is 10.1 Å². The molecule has 1 aliphatic carbocycles.